The Morgan fingerprint density at radius 3 is 2.70 bits per heavy atom. The van der Waals surface area contributed by atoms with Gasteiger partial charge in [0.1, 0.15) is 5.75 Å². The molecule has 0 spiro atoms. The fraction of sp³-hybridized carbons (Fsp3) is 0.533. The van der Waals surface area contributed by atoms with E-state index < -0.39 is 6.10 Å². The summed E-state index contributed by atoms with van der Waals surface area (Å²) in [6.07, 6.45) is -0.425. The molecular weight excluding hydrogens is 254 g/mol. The van der Waals surface area contributed by atoms with Gasteiger partial charge in [-0.1, -0.05) is 0 Å². The molecule has 5 nitrogen and oxygen atoms in total. The molecule has 2 N–H and O–H groups in total. The molecule has 1 amide bonds. The number of carbonyl (C=O) groups excluding carboxylic acids is 1. The number of amides is 1. The predicted octanol–water partition coefficient (Wildman–Crippen LogP) is 1.43. The van der Waals surface area contributed by atoms with Gasteiger partial charge in [0.2, 0.25) is 0 Å². The maximum atomic E-state index is 11.8. The number of piperazine rings is 1. The first-order valence-electron chi connectivity index (χ1n) is 7.15. The number of fused-ring (bicyclic) bond motifs is 1. The molecule has 0 bridgehead atoms. The van der Waals surface area contributed by atoms with E-state index in [4.69, 9.17) is 4.74 Å². The molecule has 1 fully saturated rings. The van der Waals surface area contributed by atoms with E-state index in [0.717, 1.165) is 43.2 Å². The molecule has 2 heterocycles. The van der Waals surface area contributed by atoms with Crippen molar-refractivity contribution in [1.82, 2.24) is 5.32 Å². The molecule has 0 radical (unpaired) electrons. The van der Waals surface area contributed by atoms with Gasteiger partial charge in [0.25, 0.3) is 5.91 Å². The SMILES string of the molecule is Cc1cc2c(c(C)c1N1CCNCC1)NC(=O)C(C)O2. The zero-order chi connectivity index (χ0) is 14.3. The lowest BCUT2D eigenvalue weighted by atomic mass is 10.0. The van der Waals surface area contributed by atoms with Gasteiger partial charge < -0.3 is 20.3 Å². The molecule has 0 aromatic heterocycles. The molecule has 1 aromatic rings. The van der Waals surface area contributed by atoms with Crippen LogP contribution in [0.15, 0.2) is 6.07 Å². The Bertz CT molecular complexity index is 551. The van der Waals surface area contributed by atoms with E-state index in [0.29, 0.717) is 0 Å². The van der Waals surface area contributed by atoms with Gasteiger partial charge in [-0.25, -0.2) is 0 Å². The third-order valence-electron chi connectivity index (χ3n) is 4.05. The molecule has 20 heavy (non-hydrogen) atoms. The molecule has 1 atom stereocenters. The first-order valence-corrected chi connectivity index (χ1v) is 7.15. The number of nitrogens with one attached hydrogen (secondary N) is 2. The number of hydrogen-bond acceptors (Lipinski definition) is 4. The minimum Gasteiger partial charge on any atom is -0.479 e. The topological polar surface area (TPSA) is 53.6 Å². The van der Waals surface area contributed by atoms with Crippen molar-refractivity contribution < 1.29 is 9.53 Å². The molecule has 1 aromatic carbocycles. The van der Waals surface area contributed by atoms with Gasteiger partial charge in [0.15, 0.2) is 6.10 Å². The van der Waals surface area contributed by atoms with Crippen molar-refractivity contribution in [3.05, 3.63) is 17.2 Å². The van der Waals surface area contributed by atoms with Crippen molar-refractivity contribution in [2.24, 2.45) is 0 Å². The molecule has 0 saturated carbocycles. The highest BCUT2D eigenvalue weighted by molar-refractivity contribution is 5.99. The van der Waals surface area contributed by atoms with E-state index in [-0.39, 0.29) is 5.91 Å². The lowest BCUT2D eigenvalue weighted by Crippen LogP contribution is -2.44. The fourth-order valence-corrected chi connectivity index (χ4v) is 3.03. The van der Waals surface area contributed by atoms with Crippen LogP contribution in [0, 0.1) is 13.8 Å². The highest BCUT2D eigenvalue weighted by Gasteiger charge is 2.28. The molecule has 5 heteroatoms. The zero-order valence-electron chi connectivity index (χ0n) is 12.2. The average molecular weight is 275 g/mol. The lowest BCUT2D eigenvalue weighted by molar-refractivity contribution is -0.122. The summed E-state index contributed by atoms with van der Waals surface area (Å²) in [5.74, 6) is 0.710. The standard InChI is InChI=1S/C15H21N3O2/c1-9-8-12-13(17-15(19)11(3)20-12)10(2)14(9)18-6-4-16-5-7-18/h8,11,16H,4-7H2,1-3H3,(H,17,19). The number of carbonyl (C=O) groups is 1. The number of anilines is 2. The van der Waals surface area contributed by atoms with Crippen molar-refractivity contribution in [1.29, 1.82) is 0 Å². The Morgan fingerprint density at radius 2 is 2.00 bits per heavy atom. The van der Waals surface area contributed by atoms with Crippen LogP contribution in [0.1, 0.15) is 18.1 Å². The summed E-state index contributed by atoms with van der Waals surface area (Å²) in [6, 6.07) is 2.04. The number of benzene rings is 1. The second-order valence-corrected chi connectivity index (χ2v) is 5.53. The summed E-state index contributed by atoms with van der Waals surface area (Å²) in [6.45, 7) is 9.91. The van der Waals surface area contributed by atoms with Gasteiger partial charge in [-0.2, -0.15) is 0 Å². The second-order valence-electron chi connectivity index (χ2n) is 5.53. The van der Waals surface area contributed by atoms with E-state index >= 15 is 0 Å². The van der Waals surface area contributed by atoms with E-state index in [1.165, 1.54) is 11.3 Å². The van der Waals surface area contributed by atoms with Gasteiger partial charge >= 0.3 is 0 Å². The summed E-state index contributed by atoms with van der Waals surface area (Å²) < 4.78 is 5.71. The Kier molecular flexibility index (Phi) is 3.30. The first-order chi connectivity index (χ1) is 9.58. The highest BCUT2D eigenvalue weighted by Crippen LogP contribution is 2.40. The number of rotatable bonds is 1. The van der Waals surface area contributed by atoms with Crippen LogP contribution in [-0.4, -0.2) is 38.2 Å². The zero-order valence-corrected chi connectivity index (χ0v) is 12.2. The highest BCUT2D eigenvalue weighted by atomic mass is 16.5. The summed E-state index contributed by atoms with van der Waals surface area (Å²) >= 11 is 0. The normalized spacial score (nSPS) is 22.1. The minimum absolute atomic E-state index is 0.0734. The maximum absolute atomic E-state index is 11.8. The van der Waals surface area contributed by atoms with Gasteiger partial charge in [-0.15, -0.1) is 0 Å². The summed E-state index contributed by atoms with van der Waals surface area (Å²) in [5, 5.41) is 6.34. The van der Waals surface area contributed by atoms with E-state index in [2.05, 4.69) is 29.4 Å². The quantitative estimate of drug-likeness (QED) is 0.814. The number of aryl methyl sites for hydroxylation is 1. The van der Waals surface area contributed by atoms with Crippen molar-refractivity contribution in [2.75, 3.05) is 36.4 Å². The minimum atomic E-state index is -0.425. The van der Waals surface area contributed by atoms with Gasteiger partial charge in [0, 0.05) is 31.9 Å². The summed E-state index contributed by atoms with van der Waals surface area (Å²) in [4.78, 5) is 14.2. The van der Waals surface area contributed by atoms with Crippen molar-refractivity contribution in [3.8, 4) is 5.75 Å². The van der Waals surface area contributed by atoms with Crippen LogP contribution in [0.2, 0.25) is 0 Å². The predicted molar refractivity (Wildman–Crippen MR) is 79.7 cm³/mol. The van der Waals surface area contributed by atoms with Crippen LogP contribution in [0.3, 0.4) is 0 Å². The van der Waals surface area contributed by atoms with Gasteiger partial charge in [0.05, 0.1) is 5.69 Å². The molecule has 2 aliphatic heterocycles. The molecule has 1 saturated heterocycles. The first kappa shape index (κ1) is 13.2. The smallest absolute Gasteiger partial charge is 0.265 e. The average Bonchev–Trinajstić information content (AvgIpc) is 2.43. The van der Waals surface area contributed by atoms with E-state index in [9.17, 15) is 4.79 Å². The Labute approximate surface area is 119 Å². The van der Waals surface area contributed by atoms with Crippen molar-refractivity contribution >= 4 is 17.3 Å². The van der Waals surface area contributed by atoms with Gasteiger partial charge in [-0.3, -0.25) is 4.79 Å². The largest absolute Gasteiger partial charge is 0.479 e. The lowest BCUT2D eigenvalue weighted by Gasteiger charge is -2.34. The molecule has 2 aliphatic rings. The maximum Gasteiger partial charge on any atom is 0.265 e. The van der Waals surface area contributed by atoms with Crippen LogP contribution in [-0.2, 0) is 4.79 Å². The van der Waals surface area contributed by atoms with Gasteiger partial charge in [-0.05, 0) is 38.0 Å². The third-order valence-corrected chi connectivity index (χ3v) is 4.05. The molecule has 1 unspecified atom stereocenters. The van der Waals surface area contributed by atoms with Crippen LogP contribution >= 0.6 is 0 Å². The molecular formula is C15H21N3O2. The monoisotopic (exact) mass is 275 g/mol. The fourth-order valence-electron chi connectivity index (χ4n) is 3.03. The summed E-state index contributed by atoms with van der Waals surface area (Å²) in [7, 11) is 0. The Morgan fingerprint density at radius 1 is 1.30 bits per heavy atom. The number of hydrogen-bond donors (Lipinski definition) is 2. The van der Waals surface area contributed by atoms with Crippen LogP contribution in [0.5, 0.6) is 5.75 Å². The Hall–Kier alpha value is -1.75. The van der Waals surface area contributed by atoms with Crippen LogP contribution in [0.4, 0.5) is 11.4 Å². The number of ether oxygens (including phenoxy) is 1. The van der Waals surface area contributed by atoms with Crippen molar-refractivity contribution in [2.45, 2.75) is 26.9 Å². The Balaban J connectivity index is 2.04. The van der Waals surface area contributed by atoms with Crippen LogP contribution < -0.4 is 20.3 Å². The third kappa shape index (κ3) is 2.12. The van der Waals surface area contributed by atoms with E-state index in [1.54, 1.807) is 6.92 Å². The number of nitrogens with zero attached hydrogens (tertiary/aromatic N) is 1. The molecule has 0 aliphatic carbocycles. The molecule has 108 valence electrons. The summed E-state index contributed by atoms with van der Waals surface area (Å²) in [5.41, 5.74) is 4.35. The van der Waals surface area contributed by atoms with Crippen molar-refractivity contribution in [3.63, 3.8) is 0 Å². The van der Waals surface area contributed by atoms with E-state index in [1.807, 2.05) is 6.07 Å². The molecule has 3 rings (SSSR count). The second kappa shape index (κ2) is 4.98. The van der Waals surface area contributed by atoms with Crippen LogP contribution in [0.25, 0.3) is 0 Å².